The molecule has 17 heavy (non-hydrogen) atoms. The van der Waals surface area contributed by atoms with E-state index in [9.17, 15) is 0 Å². The second-order valence-electron chi connectivity index (χ2n) is 4.47. The number of aromatic nitrogens is 2. The molecule has 1 unspecified atom stereocenters. The summed E-state index contributed by atoms with van der Waals surface area (Å²) in [6.45, 7) is 13.0. The van der Waals surface area contributed by atoms with Crippen LogP contribution in [0.1, 0.15) is 34.1 Å². The van der Waals surface area contributed by atoms with E-state index in [2.05, 4.69) is 49.2 Å². The smallest absolute Gasteiger partial charge is 0.0728 e. The fraction of sp³-hybridized carbons (Fsp3) is 0.769. The first kappa shape index (κ1) is 14.0. The number of hydrogen-bond donors (Lipinski definition) is 1. The van der Waals surface area contributed by atoms with Crippen molar-refractivity contribution in [1.82, 2.24) is 14.7 Å². The van der Waals surface area contributed by atoms with Gasteiger partial charge in [-0.2, -0.15) is 5.10 Å². The zero-order valence-corrected chi connectivity index (χ0v) is 11.6. The molecule has 4 nitrogen and oxygen atoms in total. The van der Waals surface area contributed by atoms with Crippen LogP contribution in [0.4, 0.5) is 5.69 Å². The highest BCUT2D eigenvalue weighted by atomic mass is 15.3. The third kappa shape index (κ3) is 4.77. The second-order valence-corrected chi connectivity index (χ2v) is 4.47. The molecule has 1 heterocycles. The molecule has 1 atom stereocenters. The van der Waals surface area contributed by atoms with E-state index in [-0.39, 0.29) is 0 Å². The van der Waals surface area contributed by atoms with Crippen molar-refractivity contribution in [2.24, 2.45) is 0 Å². The minimum absolute atomic E-state index is 0.510. The molecule has 1 rings (SSSR count). The first-order valence-corrected chi connectivity index (χ1v) is 6.70. The summed E-state index contributed by atoms with van der Waals surface area (Å²) in [5.41, 5.74) is 1.12. The molecule has 0 aromatic carbocycles. The summed E-state index contributed by atoms with van der Waals surface area (Å²) in [7, 11) is 0. The molecule has 0 radical (unpaired) electrons. The number of likely N-dealkylation sites (N-methyl/N-ethyl adjacent to an activating group) is 1. The van der Waals surface area contributed by atoms with Gasteiger partial charge < -0.3 is 10.2 Å². The Morgan fingerprint density at radius 1 is 1.35 bits per heavy atom. The van der Waals surface area contributed by atoms with E-state index >= 15 is 0 Å². The average Bonchev–Trinajstić information content (AvgIpc) is 2.78. The molecule has 0 saturated carbocycles. The molecule has 0 aliphatic carbocycles. The van der Waals surface area contributed by atoms with Crippen LogP contribution < -0.4 is 5.32 Å². The molecule has 0 aliphatic rings. The zero-order chi connectivity index (χ0) is 12.7. The molecular weight excluding hydrogens is 212 g/mol. The van der Waals surface area contributed by atoms with Crippen LogP contribution in [0.5, 0.6) is 0 Å². The van der Waals surface area contributed by atoms with Crippen molar-refractivity contribution >= 4 is 5.69 Å². The van der Waals surface area contributed by atoms with Crippen LogP contribution >= 0.6 is 0 Å². The number of rotatable bonds is 8. The van der Waals surface area contributed by atoms with Crippen LogP contribution in [0.15, 0.2) is 12.4 Å². The Hall–Kier alpha value is -1.03. The SMILES string of the molecule is CCC(C)Nc1cnn(CCN(CC)CC)c1. The van der Waals surface area contributed by atoms with E-state index in [0.717, 1.165) is 38.3 Å². The first-order valence-electron chi connectivity index (χ1n) is 6.70. The summed E-state index contributed by atoms with van der Waals surface area (Å²) in [5, 5.41) is 7.80. The highest BCUT2D eigenvalue weighted by molar-refractivity contribution is 5.38. The lowest BCUT2D eigenvalue weighted by Gasteiger charge is -2.17. The second kappa shape index (κ2) is 7.33. The Balaban J connectivity index is 2.40. The minimum atomic E-state index is 0.510. The van der Waals surface area contributed by atoms with Gasteiger partial charge in [-0.05, 0) is 26.4 Å². The maximum atomic E-state index is 4.37. The lowest BCUT2D eigenvalue weighted by molar-refractivity contribution is 0.285. The quantitative estimate of drug-likeness (QED) is 0.755. The van der Waals surface area contributed by atoms with Gasteiger partial charge in [0.05, 0.1) is 18.4 Å². The fourth-order valence-corrected chi connectivity index (χ4v) is 1.73. The lowest BCUT2D eigenvalue weighted by Crippen LogP contribution is -2.27. The number of hydrogen-bond acceptors (Lipinski definition) is 3. The zero-order valence-electron chi connectivity index (χ0n) is 11.6. The maximum absolute atomic E-state index is 4.37. The van der Waals surface area contributed by atoms with E-state index in [1.54, 1.807) is 0 Å². The molecule has 0 amide bonds. The van der Waals surface area contributed by atoms with Crippen molar-refractivity contribution in [3.05, 3.63) is 12.4 Å². The standard InChI is InChI=1S/C13H26N4/c1-5-12(4)15-13-10-14-17(11-13)9-8-16(6-2)7-3/h10-12,15H,5-9H2,1-4H3. The molecule has 1 aromatic rings. The Labute approximate surface area is 105 Å². The Morgan fingerprint density at radius 3 is 2.65 bits per heavy atom. The molecular formula is C13H26N4. The molecule has 0 bridgehead atoms. The van der Waals surface area contributed by atoms with Gasteiger partial charge in [0.1, 0.15) is 0 Å². The van der Waals surface area contributed by atoms with Crippen molar-refractivity contribution in [3.8, 4) is 0 Å². The van der Waals surface area contributed by atoms with Crippen LogP contribution in [0, 0.1) is 0 Å². The molecule has 0 aliphatic heterocycles. The third-order valence-corrected chi connectivity index (χ3v) is 3.20. The van der Waals surface area contributed by atoms with Gasteiger partial charge in [-0.15, -0.1) is 0 Å². The summed E-state index contributed by atoms with van der Waals surface area (Å²) >= 11 is 0. The van der Waals surface area contributed by atoms with Gasteiger partial charge in [-0.25, -0.2) is 0 Å². The predicted molar refractivity (Wildman–Crippen MR) is 73.4 cm³/mol. The fourth-order valence-electron chi connectivity index (χ4n) is 1.73. The average molecular weight is 238 g/mol. The lowest BCUT2D eigenvalue weighted by atomic mass is 10.2. The van der Waals surface area contributed by atoms with Crippen molar-refractivity contribution in [3.63, 3.8) is 0 Å². The van der Waals surface area contributed by atoms with E-state index in [4.69, 9.17) is 0 Å². The largest absolute Gasteiger partial charge is 0.380 e. The monoisotopic (exact) mass is 238 g/mol. The van der Waals surface area contributed by atoms with Gasteiger partial charge in [0.25, 0.3) is 0 Å². The summed E-state index contributed by atoms with van der Waals surface area (Å²) < 4.78 is 2.02. The Morgan fingerprint density at radius 2 is 2.06 bits per heavy atom. The molecule has 1 aromatic heterocycles. The first-order chi connectivity index (χ1) is 8.19. The topological polar surface area (TPSA) is 33.1 Å². The van der Waals surface area contributed by atoms with Crippen molar-refractivity contribution in [2.45, 2.75) is 46.7 Å². The van der Waals surface area contributed by atoms with E-state index < -0.39 is 0 Å². The van der Waals surface area contributed by atoms with Crippen LogP contribution in [0.3, 0.4) is 0 Å². The summed E-state index contributed by atoms with van der Waals surface area (Å²) in [4.78, 5) is 2.41. The summed E-state index contributed by atoms with van der Waals surface area (Å²) in [6, 6.07) is 0.510. The molecule has 0 spiro atoms. The molecule has 0 saturated heterocycles. The number of anilines is 1. The van der Waals surface area contributed by atoms with Crippen LogP contribution in [0.25, 0.3) is 0 Å². The van der Waals surface area contributed by atoms with Crippen LogP contribution in [-0.2, 0) is 6.54 Å². The van der Waals surface area contributed by atoms with E-state index in [0.29, 0.717) is 6.04 Å². The highest BCUT2D eigenvalue weighted by Gasteiger charge is 2.03. The molecule has 4 heteroatoms. The van der Waals surface area contributed by atoms with E-state index in [1.165, 1.54) is 0 Å². The maximum Gasteiger partial charge on any atom is 0.0728 e. The molecule has 98 valence electrons. The Kier molecular flexibility index (Phi) is 6.05. The number of nitrogens with one attached hydrogen (secondary N) is 1. The van der Waals surface area contributed by atoms with Gasteiger partial charge in [-0.3, -0.25) is 4.68 Å². The van der Waals surface area contributed by atoms with Crippen LogP contribution in [0.2, 0.25) is 0 Å². The summed E-state index contributed by atoms with van der Waals surface area (Å²) in [6.07, 6.45) is 5.13. The Bertz CT molecular complexity index is 304. The normalized spacial score (nSPS) is 13.0. The predicted octanol–water partition coefficient (Wildman–Crippen LogP) is 2.44. The van der Waals surface area contributed by atoms with Crippen LogP contribution in [-0.4, -0.2) is 40.4 Å². The van der Waals surface area contributed by atoms with Gasteiger partial charge in [0.2, 0.25) is 0 Å². The summed E-state index contributed by atoms with van der Waals surface area (Å²) in [5.74, 6) is 0. The molecule has 0 fully saturated rings. The number of nitrogens with zero attached hydrogens (tertiary/aromatic N) is 3. The van der Waals surface area contributed by atoms with E-state index in [1.807, 2.05) is 10.9 Å². The van der Waals surface area contributed by atoms with Gasteiger partial charge >= 0.3 is 0 Å². The van der Waals surface area contributed by atoms with Gasteiger partial charge in [-0.1, -0.05) is 20.8 Å². The highest BCUT2D eigenvalue weighted by Crippen LogP contribution is 2.08. The van der Waals surface area contributed by atoms with Crippen molar-refractivity contribution < 1.29 is 0 Å². The van der Waals surface area contributed by atoms with Gasteiger partial charge in [0.15, 0.2) is 0 Å². The third-order valence-electron chi connectivity index (χ3n) is 3.20. The minimum Gasteiger partial charge on any atom is -0.380 e. The van der Waals surface area contributed by atoms with Crippen molar-refractivity contribution in [2.75, 3.05) is 25.0 Å². The van der Waals surface area contributed by atoms with Crippen molar-refractivity contribution in [1.29, 1.82) is 0 Å². The molecule has 1 N–H and O–H groups in total. The van der Waals surface area contributed by atoms with Gasteiger partial charge in [0, 0.05) is 18.8 Å².